The zero-order valence-corrected chi connectivity index (χ0v) is 11.5. The van der Waals surface area contributed by atoms with E-state index in [-0.39, 0.29) is 11.9 Å². The standard InChI is InChI=1S/C14H19ClFNO/c1-3-8-17-11(2)13-6-5-12(16)10-14(13)18-9-4-7-15/h4-7,10-11,17H,3,8-9H2,1-2H3. The fourth-order valence-electron chi connectivity index (χ4n) is 1.64. The molecule has 100 valence electrons. The molecule has 1 N–H and O–H groups in total. The van der Waals surface area contributed by atoms with Gasteiger partial charge in [0.1, 0.15) is 18.2 Å². The zero-order valence-electron chi connectivity index (χ0n) is 10.7. The summed E-state index contributed by atoms with van der Waals surface area (Å²) in [5, 5.41) is 3.35. The molecule has 1 atom stereocenters. The highest BCUT2D eigenvalue weighted by molar-refractivity contribution is 6.25. The minimum atomic E-state index is -0.300. The van der Waals surface area contributed by atoms with Crippen LogP contribution in [0, 0.1) is 5.82 Å². The molecule has 0 saturated carbocycles. The number of rotatable bonds is 7. The molecule has 0 aliphatic rings. The van der Waals surface area contributed by atoms with E-state index in [1.807, 2.05) is 6.92 Å². The van der Waals surface area contributed by atoms with Crippen molar-refractivity contribution >= 4 is 11.6 Å². The van der Waals surface area contributed by atoms with Gasteiger partial charge in [0.05, 0.1) is 0 Å². The summed E-state index contributed by atoms with van der Waals surface area (Å²) in [6.45, 7) is 5.39. The van der Waals surface area contributed by atoms with E-state index >= 15 is 0 Å². The fourth-order valence-corrected chi connectivity index (χ4v) is 1.71. The molecule has 1 aromatic carbocycles. The van der Waals surface area contributed by atoms with Gasteiger partial charge < -0.3 is 10.1 Å². The summed E-state index contributed by atoms with van der Waals surface area (Å²) in [5.74, 6) is 0.257. The number of nitrogens with one attached hydrogen (secondary N) is 1. The zero-order chi connectivity index (χ0) is 13.4. The third kappa shape index (κ3) is 4.67. The van der Waals surface area contributed by atoms with Crippen molar-refractivity contribution in [1.82, 2.24) is 5.32 Å². The van der Waals surface area contributed by atoms with Gasteiger partial charge in [-0.05, 0) is 32.0 Å². The van der Waals surface area contributed by atoms with E-state index in [0.29, 0.717) is 12.4 Å². The maximum absolute atomic E-state index is 13.2. The van der Waals surface area contributed by atoms with Crippen molar-refractivity contribution in [2.24, 2.45) is 0 Å². The van der Waals surface area contributed by atoms with Crippen molar-refractivity contribution in [2.75, 3.05) is 13.2 Å². The molecule has 0 aromatic heterocycles. The summed E-state index contributed by atoms with van der Waals surface area (Å²) in [7, 11) is 0. The normalized spacial score (nSPS) is 12.9. The lowest BCUT2D eigenvalue weighted by Crippen LogP contribution is -2.20. The molecule has 1 rings (SSSR count). The predicted molar refractivity (Wildman–Crippen MR) is 73.6 cm³/mol. The number of benzene rings is 1. The number of hydrogen-bond donors (Lipinski definition) is 1. The average molecular weight is 272 g/mol. The van der Waals surface area contributed by atoms with Crippen molar-refractivity contribution in [3.8, 4) is 5.75 Å². The Hall–Kier alpha value is -1.06. The minimum Gasteiger partial charge on any atom is -0.489 e. The van der Waals surface area contributed by atoms with E-state index < -0.39 is 0 Å². The van der Waals surface area contributed by atoms with Crippen LogP contribution < -0.4 is 10.1 Å². The van der Waals surface area contributed by atoms with Gasteiger partial charge in [-0.2, -0.15) is 0 Å². The first-order valence-electron chi connectivity index (χ1n) is 6.09. The number of halogens is 2. The van der Waals surface area contributed by atoms with Crippen molar-refractivity contribution in [1.29, 1.82) is 0 Å². The lowest BCUT2D eigenvalue weighted by Gasteiger charge is -2.17. The highest BCUT2D eigenvalue weighted by Gasteiger charge is 2.11. The van der Waals surface area contributed by atoms with Crippen LogP contribution in [0.1, 0.15) is 31.9 Å². The molecule has 0 radical (unpaired) electrons. The van der Waals surface area contributed by atoms with Crippen LogP contribution in [0.5, 0.6) is 5.75 Å². The summed E-state index contributed by atoms with van der Waals surface area (Å²) in [5.41, 5.74) is 2.34. The molecule has 0 bridgehead atoms. The van der Waals surface area contributed by atoms with Gasteiger partial charge in [-0.1, -0.05) is 24.6 Å². The molecule has 0 fully saturated rings. The van der Waals surface area contributed by atoms with Crippen LogP contribution in [0.3, 0.4) is 0 Å². The third-order valence-corrected chi connectivity index (χ3v) is 2.74. The average Bonchev–Trinajstić information content (AvgIpc) is 2.36. The third-order valence-electron chi connectivity index (χ3n) is 2.57. The summed E-state index contributed by atoms with van der Waals surface area (Å²) < 4.78 is 18.7. The molecule has 2 nitrogen and oxygen atoms in total. The second-order valence-electron chi connectivity index (χ2n) is 4.03. The lowest BCUT2D eigenvalue weighted by atomic mass is 10.1. The van der Waals surface area contributed by atoms with Crippen LogP contribution in [-0.2, 0) is 0 Å². The van der Waals surface area contributed by atoms with Gasteiger partial charge in [0, 0.05) is 23.2 Å². The Morgan fingerprint density at radius 1 is 1.50 bits per heavy atom. The van der Waals surface area contributed by atoms with Crippen LogP contribution >= 0.6 is 11.6 Å². The first-order chi connectivity index (χ1) is 8.69. The van der Waals surface area contributed by atoms with Gasteiger partial charge >= 0.3 is 0 Å². The Labute approximate surface area is 113 Å². The molecule has 4 heteroatoms. The molecule has 1 unspecified atom stereocenters. The van der Waals surface area contributed by atoms with Gasteiger partial charge in [-0.15, -0.1) is 0 Å². The van der Waals surface area contributed by atoms with E-state index in [2.05, 4.69) is 12.2 Å². The SMILES string of the molecule is CCCNC(C)c1ccc(F)cc1OCC=CCl. The van der Waals surface area contributed by atoms with Crippen LogP contribution in [0.4, 0.5) is 4.39 Å². The van der Waals surface area contributed by atoms with Crippen molar-refractivity contribution in [3.05, 3.63) is 41.2 Å². The molecule has 18 heavy (non-hydrogen) atoms. The van der Waals surface area contributed by atoms with Gasteiger partial charge in [0.15, 0.2) is 0 Å². The quantitative estimate of drug-likeness (QED) is 0.809. The Morgan fingerprint density at radius 3 is 2.94 bits per heavy atom. The number of hydrogen-bond acceptors (Lipinski definition) is 2. The lowest BCUT2D eigenvalue weighted by molar-refractivity contribution is 0.351. The highest BCUT2D eigenvalue weighted by Crippen LogP contribution is 2.26. The van der Waals surface area contributed by atoms with Crippen LogP contribution in [0.15, 0.2) is 29.8 Å². The highest BCUT2D eigenvalue weighted by atomic mass is 35.5. The van der Waals surface area contributed by atoms with Crippen molar-refractivity contribution in [2.45, 2.75) is 26.3 Å². The van der Waals surface area contributed by atoms with Crippen molar-refractivity contribution < 1.29 is 9.13 Å². The smallest absolute Gasteiger partial charge is 0.127 e. The first-order valence-corrected chi connectivity index (χ1v) is 6.53. The Kier molecular flexibility index (Phi) is 6.76. The minimum absolute atomic E-state index is 0.125. The topological polar surface area (TPSA) is 21.3 Å². The Bertz CT molecular complexity index is 395. The van der Waals surface area contributed by atoms with E-state index in [1.54, 1.807) is 12.1 Å². The van der Waals surface area contributed by atoms with Crippen LogP contribution in [-0.4, -0.2) is 13.2 Å². The summed E-state index contributed by atoms with van der Waals surface area (Å²) in [6, 6.07) is 4.73. The fraction of sp³-hybridized carbons (Fsp3) is 0.429. The number of ether oxygens (including phenoxy) is 1. The molecule has 0 saturated heterocycles. The van der Waals surface area contributed by atoms with Gasteiger partial charge in [0.25, 0.3) is 0 Å². The molecule has 0 aliphatic carbocycles. The van der Waals surface area contributed by atoms with E-state index in [4.69, 9.17) is 16.3 Å². The van der Waals surface area contributed by atoms with Gasteiger partial charge in [0.2, 0.25) is 0 Å². The van der Waals surface area contributed by atoms with Crippen LogP contribution in [0.25, 0.3) is 0 Å². The maximum Gasteiger partial charge on any atom is 0.127 e. The van der Waals surface area contributed by atoms with E-state index in [1.165, 1.54) is 17.7 Å². The van der Waals surface area contributed by atoms with E-state index in [9.17, 15) is 4.39 Å². The largest absolute Gasteiger partial charge is 0.489 e. The summed E-state index contributed by atoms with van der Waals surface area (Å²) in [4.78, 5) is 0. The Balaban J connectivity index is 2.81. The summed E-state index contributed by atoms with van der Waals surface area (Å²) in [6.07, 6.45) is 2.72. The maximum atomic E-state index is 13.2. The summed E-state index contributed by atoms with van der Waals surface area (Å²) >= 11 is 5.42. The molecule has 0 amide bonds. The monoisotopic (exact) mass is 271 g/mol. The first kappa shape index (κ1) is 15.0. The predicted octanol–water partition coefficient (Wildman–Crippen LogP) is 4.02. The molecule has 0 spiro atoms. The van der Waals surface area contributed by atoms with Crippen LogP contribution in [0.2, 0.25) is 0 Å². The second-order valence-corrected chi connectivity index (χ2v) is 4.28. The van der Waals surface area contributed by atoms with E-state index in [0.717, 1.165) is 18.5 Å². The molecule has 0 heterocycles. The van der Waals surface area contributed by atoms with Crippen molar-refractivity contribution in [3.63, 3.8) is 0 Å². The molecular weight excluding hydrogens is 253 g/mol. The molecular formula is C14H19ClFNO. The van der Waals surface area contributed by atoms with Gasteiger partial charge in [-0.3, -0.25) is 0 Å². The Morgan fingerprint density at radius 2 is 2.28 bits per heavy atom. The second kappa shape index (κ2) is 8.11. The van der Waals surface area contributed by atoms with Gasteiger partial charge in [-0.25, -0.2) is 4.39 Å². The molecule has 0 aliphatic heterocycles. The molecule has 1 aromatic rings.